The van der Waals surface area contributed by atoms with Crippen molar-refractivity contribution >= 4 is 5.91 Å². The molecule has 5 nitrogen and oxygen atoms in total. The summed E-state index contributed by atoms with van der Waals surface area (Å²) in [5.74, 6) is 1.12. The summed E-state index contributed by atoms with van der Waals surface area (Å²) in [6.07, 6.45) is 3.39. The summed E-state index contributed by atoms with van der Waals surface area (Å²) >= 11 is 0. The van der Waals surface area contributed by atoms with Crippen LogP contribution in [-0.2, 0) is 6.61 Å². The summed E-state index contributed by atoms with van der Waals surface area (Å²) in [6, 6.07) is 11.2. The highest BCUT2D eigenvalue weighted by atomic mass is 16.5. The number of hydrogen-bond acceptors (Lipinski definition) is 4. The van der Waals surface area contributed by atoms with E-state index in [2.05, 4.69) is 0 Å². The van der Waals surface area contributed by atoms with Gasteiger partial charge in [-0.2, -0.15) is 0 Å². The highest BCUT2D eigenvalue weighted by Crippen LogP contribution is 2.21. The van der Waals surface area contributed by atoms with Crippen LogP contribution >= 0.6 is 0 Å². The molecule has 0 spiro atoms. The Morgan fingerprint density at radius 2 is 2.13 bits per heavy atom. The van der Waals surface area contributed by atoms with Crippen molar-refractivity contribution in [1.29, 1.82) is 0 Å². The molecule has 5 heteroatoms. The topological polar surface area (TPSA) is 62.9 Å². The number of furan rings is 1. The zero-order chi connectivity index (χ0) is 16.1. The summed E-state index contributed by atoms with van der Waals surface area (Å²) in [5.41, 5.74) is 0.741. The third-order valence-corrected chi connectivity index (χ3v) is 4.14. The minimum atomic E-state index is -0.125. The monoisotopic (exact) mass is 315 g/mol. The maximum absolute atomic E-state index is 12.6. The van der Waals surface area contributed by atoms with Crippen LogP contribution in [0.25, 0.3) is 0 Å². The first-order chi connectivity index (χ1) is 11.3. The van der Waals surface area contributed by atoms with Gasteiger partial charge in [-0.3, -0.25) is 4.79 Å². The fourth-order valence-corrected chi connectivity index (χ4v) is 2.86. The van der Waals surface area contributed by atoms with Crippen LogP contribution in [0.3, 0.4) is 0 Å². The summed E-state index contributed by atoms with van der Waals surface area (Å²) in [4.78, 5) is 14.4. The second-order valence-corrected chi connectivity index (χ2v) is 5.82. The van der Waals surface area contributed by atoms with E-state index < -0.39 is 0 Å². The molecule has 0 aliphatic carbocycles. The molecule has 1 amide bonds. The molecule has 1 aliphatic rings. The van der Waals surface area contributed by atoms with Crippen LogP contribution in [0.2, 0.25) is 0 Å². The van der Waals surface area contributed by atoms with Gasteiger partial charge in [0.25, 0.3) is 5.91 Å². The van der Waals surface area contributed by atoms with Gasteiger partial charge >= 0.3 is 0 Å². The molecule has 1 saturated heterocycles. The molecule has 1 unspecified atom stereocenters. The standard InChI is InChI=1S/C18H21NO4/c20-12-14-5-4-9-19(11-14)18(21)17-15(8-10-22-17)13-23-16-6-2-1-3-7-16/h1-3,6-8,10,14,20H,4-5,9,11-13H2. The van der Waals surface area contributed by atoms with Crippen molar-refractivity contribution in [1.82, 2.24) is 4.90 Å². The van der Waals surface area contributed by atoms with Gasteiger partial charge in [0.15, 0.2) is 5.76 Å². The molecule has 1 aromatic carbocycles. The number of aliphatic hydroxyl groups excluding tert-OH is 1. The van der Waals surface area contributed by atoms with Crippen molar-refractivity contribution in [2.75, 3.05) is 19.7 Å². The van der Waals surface area contributed by atoms with Gasteiger partial charge in [-0.15, -0.1) is 0 Å². The maximum Gasteiger partial charge on any atom is 0.289 e. The molecule has 2 aromatic rings. The summed E-state index contributed by atoms with van der Waals surface area (Å²) < 4.78 is 11.1. The number of aliphatic hydroxyl groups is 1. The average Bonchev–Trinajstić information content (AvgIpc) is 3.09. The number of likely N-dealkylation sites (tertiary alicyclic amines) is 1. The molecule has 0 saturated carbocycles. The Morgan fingerprint density at radius 3 is 2.91 bits per heavy atom. The Kier molecular flexibility index (Phi) is 4.98. The van der Waals surface area contributed by atoms with Crippen molar-refractivity contribution in [2.24, 2.45) is 5.92 Å². The third-order valence-electron chi connectivity index (χ3n) is 4.14. The Bertz CT molecular complexity index is 637. The molecule has 1 atom stereocenters. The van der Waals surface area contributed by atoms with Crippen molar-refractivity contribution < 1.29 is 19.1 Å². The molecule has 1 aliphatic heterocycles. The largest absolute Gasteiger partial charge is 0.489 e. The SMILES string of the molecule is O=C(c1occc1COc1ccccc1)N1CCCC(CO)C1. The number of ether oxygens (including phenoxy) is 1. The normalized spacial score (nSPS) is 18.0. The number of hydrogen-bond donors (Lipinski definition) is 1. The van der Waals surface area contributed by atoms with Gasteiger partial charge in [-0.25, -0.2) is 0 Å². The van der Waals surface area contributed by atoms with E-state index in [1.165, 1.54) is 6.26 Å². The molecule has 1 aromatic heterocycles. The highest BCUT2D eigenvalue weighted by Gasteiger charge is 2.27. The average molecular weight is 315 g/mol. The number of rotatable bonds is 5. The molecule has 1 N–H and O–H groups in total. The number of carbonyl (C=O) groups excluding carboxylic acids is 1. The molecular formula is C18H21NO4. The number of para-hydroxylation sites is 1. The van der Waals surface area contributed by atoms with Gasteiger partial charge in [0.05, 0.1) is 6.26 Å². The first kappa shape index (κ1) is 15.6. The molecule has 0 radical (unpaired) electrons. The van der Waals surface area contributed by atoms with Gasteiger partial charge < -0.3 is 19.2 Å². The number of nitrogens with zero attached hydrogens (tertiary/aromatic N) is 1. The van der Waals surface area contributed by atoms with Crippen LogP contribution < -0.4 is 4.74 Å². The molecule has 23 heavy (non-hydrogen) atoms. The second kappa shape index (κ2) is 7.33. The summed E-state index contributed by atoms with van der Waals surface area (Å²) in [7, 11) is 0. The minimum Gasteiger partial charge on any atom is -0.489 e. The van der Waals surface area contributed by atoms with Gasteiger partial charge in [0, 0.05) is 25.3 Å². The van der Waals surface area contributed by atoms with Gasteiger partial charge in [-0.1, -0.05) is 18.2 Å². The Labute approximate surface area is 135 Å². The Morgan fingerprint density at radius 1 is 1.30 bits per heavy atom. The number of piperidine rings is 1. The van der Waals surface area contributed by atoms with E-state index in [1.54, 1.807) is 11.0 Å². The van der Waals surface area contributed by atoms with E-state index in [1.807, 2.05) is 30.3 Å². The lowest BCUT2D eigenvalue weighted by Crippen LogP contribution is -2.41. The molecule has 122 valence electrons. The minimum absolute atomic E-state index is 0.117. The fraction of sp³-hybridized carbons (Fsp3) is 0.389. The number of benzene rings is 1. The van der Waals surface area contributed by atoms with E-state index >= 15 is 0 Å². The van der Waals surface area contributed by atoms with Gasteiger partial charge in [0.2, 0.25) is 0 Å². The van der Waals surface area contributed by atoms with Crippen LogP contribution in [0.1, 0.15) is 29.0 Å². The lowest BCUT2D eigenvalue weighted by Gasteiger charge is -2.31. The van der Waals surface area contributed by atoms with E-state index in [0.29, 0.717) is 25.5 Å². The fourth-order valence-electron chi connectivity index (χ4n) is 2.86. The van der Waals surface area contributed by atoms with Gasteiger partial charge in [0.1, 0.15) is 12.4 Å². The molecular weight excluding hydrogens is 294 g/mol. The van der Waals surface area contributed by atoms with E-state index in [-0.39, 0.29) is 18.4 Å². The van der Waals surface area contributed by atoms with Crippen LogP contribution in [-0.4, -0.2) is 35.6 Å². The van der Waals surface area contributed by atoms with E-state index in [0.717, 1.165) is 24.2 Å². The van der Waals surface area contributed by atoms with E-state index in [9.17, 15) is 9.90 Å². The van der Waals surface area contributed by atoms with Crippen molar-refractivity contribution in [3.8, 4) is 5.75 Å². The predicted molar refractivity (Wildman–Crippen MR) is 85.2 cm³/mol. The van der Waals surface area contributed by atoms with Gasteiger partial charge in [-0.05, 0) is 37.0 Å². The summed E-state index contributed by atoms with van der Waals surface area (Å²) in [6.45, 7) is 1.69. The maximum atomic E-state index is 12.6. The Hall–Kier alpha value is -2.27. The Balaban J connectivity index is 1.66. The van der Waals surface area contributed by atoms with E-state index in [4.69, 9.17) is 9.15 Å². The lowest BCUT2D eigenvalue weighted by molar-refractivity contribution is 0.0586. The third kappa shape index (κ3) is 3.74. The van der Waals surface area contributed by atoms with Crippen LogP contribution in [0.15, 0.2) is 47.1 Å². The number of amides is 1. The zero-order valence-corrected chi connectivity index (χ0v) is 13.0. The van der Waals surface area contributed by atoms with Crippen molar-refractivity contribution in [3.63, 3.8) is 0 Å². The van der Waals surface area contributed by atoms with Crippen LogP contribution in [0.5, 0.6) is 5.75 Å². The van der Waals surface area contributed by atoms with Crippen molar-refractivity contribution in [2.45, 2.75) is 19.4 Å². The summed E-state index contributed by atoms with van der Waals surface area (Å²) in [5, 5.41) is 9.30. The molecule has 2 heterocycles. The highest BCUT2D eigenvalue weighted by molar-refractivity contribution is 5.93. The zero-order valence-electron chi connectivity index (χ0n) is 13.0. The van der Waals surface area contributed by atoms with Crippen LogP contribution in [0.4, 0.5) is 0 Å². The lowest BCUT2D eigenvalue weighted by atomic mass is 9.99. The van der Waals surface area contributed by atoms with Crippen LogP contribution in [0, 0.1) is 5.92 Å². The number of carbonyl (C=O) groups is 1. The second-order valence-electron chi connectivity index (χ2n) is 5.82. The molecule has 1 fully saturated rings. The smallest absolute Gasteiger partial charge is 0.289 e. The quantitative estimate of drug-likeness (QED) is 0.921. The molecule has 0 bridgehead atoms. The first-order valence-corrected chi connectivity index (χ1v) is 7.92. The first-order valence-electron chi connectivity index (χ1n) is 7.92. The van der Waals surface area contributed by atoms with Crippen molar-refractivity contribution in [3.05, 3.63) is 54.0 Å². The molecule has 3 rings (SSSR count). The predicted octanol–water partition coefficient (Wildman–Crippen LogP) is 2.70.